The van der Waals surface area contributed by atoms with E-state index in [1.807, 2.05) is 24.1 Å². The molecule has 6 nitrogen and oxygen atoms in total. The molecule has 0 radical (unpaired) electrons. The van der Waals surface area contributed by atoms with Gasteiger partial charge in [0.2, 0.25) is 0 Å². The Morgan fingerprint density at radius 2 is 2.17 bits per heavy atom. The van der Waals surface area contributed by atoms with E-state index >= 15 is 0 Å². The van der Waals surface area contributed by atoms with Crippen LogP contribution in [0.1, 0.15) is 18.0 Å². The van der Waals surface area contributed by atoms with Crippen LogP contribution < -0.4 is 16.2 Å². The first-order valence-electron chi connectivity index (χ1n) is 8.62. The molecule has 130 valence electrons. The Morgan fingerprint density at radius 1 is 1.33 bits per heavy atom. The summed E-state index contributed by atoms with van der Waals surface area (Å²) in [4.78, 5) is 16.0. The van der Waals surface area contributed by atoms with Gasteiger partial charge in [-0.2, -0.15) is 0 Å². The van der Waals surface area contributed by atoms with Crippen LogP contribution in [0.15, 0.2) is 24.3 Å². The van der Waals surface area contributed by atoms with Crippen molar-refractivity contribution in [3.63, 3.8) is 0 Å². The van der Waals surface area contributed by atoms with Crippen LogP contribution in [0.25, 0.3) is 0 Å². The van der Waals surface area contributed by atoms with Crippen molar-refractivity contribution in [2.24, 2.45) is 5.92 Å². The molecule has 4 rings (SSSR count). The Labute approximate surface area is 141 Å². The number of nitrogens with zero attached hydrogens (tertiary/aromatic N) is 2. The van der Waals surface area contributed by atoms with Crippen molar-refractivity contribution in [2.45, 2.75) is 24.5 Å². The molecule has 24 heavy (non-hydrogen) atoms. The van der Waals surface area contributed by atoms with Crippen LogP contribution in [0, 0.1) is 11.7 Å². The van der Waals surface area contributed by atoms with E-state index < -0.39 is 0 Å². The molecule has 0 bridgehead atoms. The van der Waals surface area contributed by atoms with E-state index in [2.05, 4.69) is 21.1 Å². The van der Waals surface area contributed by atoms with Gasteiger partial charge in [0.05, 0.1) is 18.1 Å². The number of fused-ring (bicyclic) bond motifs is 1. The third-order valence-electron chi connectivity index (χ3n) is 5.61. The number of likely N-dealkylation sites (tertiary alicyclic amines) is 1. The maximum absolute atomic E-state index is 14.1. The van der Waals surface area contributed by atoms with Crippen molar-refractivity contribution in [1.29, 1.82) is 0 Å². The normalized spacial score (nSPS) is 33.6. The molecule has 1 aromatic carbocycles. The number of hydrogen-bond donors (Lipinski definition) is 3. The van der Waals surface area contributed by atoms with Crippen molar-refractivity contribution >= 4 is 6.03 Å². The Balaban J connectivity index is 1.42. The van der Waals surface area contributed by atoms with Gasteiger partial charge in [-0.05, 0) is 12.5 Å². The van der Waals surface area contributed by atoms with Crippen molar-refractivity contribution in [3.8, 4) is 0 Å². The van der Waals surface area contributed by atoms with E-state index in [-0.39, 0.29) is 23.9 Å². The molecule has 3 aliphatic rings. The Kier molecular flexibility index (Phi) is 4.15. The van der Waals surface area contributed by atoms with Crippen LogP contribution in [-0.4, -0.2) is 61.1 Å². The predicted octanol–water partition coefficient (Wildman–Crippen LogP) is 0.689. The number of carbonyl (C=O) groups excluding carboxylic acids is 1. The number of piperidine rings is 1. The van der Waals surface area contributed by atoms with Gasteiger partial charge in [-0.15, -0.1) is 0 Å². The summed E-state index contributed by atoms with van der Waals surface area (Å²) in [7, 11) is 1.87. The highest BCUT2D eigenvalue weighted by Crippen LogP contribution is 2.29. The largest absolute Gasteiger partial charge is 0.332 e. The zero-order valence-corrected chi connectivity index (χ0v) is 13.8. The average Bonchev–Trinajstić information content (AvgIpc) is 3.13. The molecule has 3 saturated heterocycles. The fourth-order valence-electron chi connectivity index (χ4n) is 4.29. The van der Waals surface area contributed by atoms with Gasteiger partial charge in [0.15, 0.2) is 0 Å². The van der Waals surface area contributed by atoms with Gasteiger partial charge in [0, 0.05) is 44.7 Å². The second-order valence-electron chi connectivity index (χ2n) is 7.07. The minimum atomic E-state index is -0.160. The number of rotatable bonds is 3. The third-order valence-corrected chi connectivity index (χ3v) is 5.61. The zero-order chi connectivity index (χ0) is 16.7. The quantitative estimate of drug-likeness (QED) is 0.762. The zero-order valence-electron chi connectivity index (χ0n) is 13.8. The lowest BCUT2D eigenvalue weighted by Crippen LogP contribution is -2.52. The number of hydrazine groups is 1. The van der Waals surface area contributed by atoms with Gasteiger partial charge >= 0.3 is 6.03 Å². The van der Waals surface area contributed by atoms with Crippen LogP contribution in [0.3, 0.4) is 0 Å². The van der Waals surface area contributed by atoms with Gasteiger partial charge in [0.1, 0.15) is 5.82 Å². The summed E-state index contributed by atoms with van der Waals surface area (Å²) in [5, 5.41) is 3.07. The van der Waals surface area contributed by atoms with E-state index in [9.17, 15) is 9.18 Å². The van der Waals surface area contributed by atoms with Crippen LogP contribution in [-0.2, 0) is 0 Å². The summed E-state index contributed by atoms with van der Waals surface area (Å²) < 4.78 is 14.1. The smallest absolute Gasteiger partial charge is 0.317 e. The van der Waals surface area contributed by atoms with Crippen molar-refractivity contribution < 1.29 is 9.18 Å². The van der Waals surface area contributed by atoms with E-state index in [0.717, 1.165) is 38.2 Å². The molecule has 2 amide bonds. The summed E-state index contributed by atoms with van der Waals surface area (Å²) in [5.41, 5.74) is 7.11. The molecule has 2 unspecified atom stereocenters. The minimum absolute atomic E-state index is 0.0234. The van der Waals surface area contributed by atoms with Crippen LogP contribution in [0.2, 0.25) is 0 Å². The number of amides is 2. The van der Waals surface area contributed by atoms with Crippen molar-refractivity contribution in [2.75, 3.05) is 33.2 Å². The molecule has 7 heteroatoms. The Hall–Kier alpha value is -1.70. The highest BCUT2D eigenvalue weighted by atomic mass is 19.1. The van der Waals surface area contributed by atoms with E-state index in [4.69, 9.17) is 0 Å². The molecule has 1 aromatic rings. The highest BCUT2D eigenvalue weighted by Gasteiger charge is 2.41. The van der Waals surface area contributed by atoms with Gasteiger partial charge in [-0.25, -0.2) is 14.6 Å². The molecule has 0 aliphatic carbocycles. The maximum Gasteiger partial charge on any atom is 0.317 e. The van der Waals surface area contributed by atoms with Gasteiger partial charge < -0.3 is 15.1 Å². The van der Waals surface area contributed by atoms with Gasteiger partial charge in [-0.1, -0.05) is 18.2 Å². The molecule has 3 aliphatic heterocycles. The lowest BCUT2D eigenvalue weighted by atomic mass is 9.92. The summed E-state index contributed by atoms with van der Waals surface area (Å²) >= 11 is 0. The first-order chi connectivity index (χ1) is 11.6. The summed E-state index contributed by atoms with van der Waals surface area (Å²) in [6, 6.07) is 7.48. The fraction of sp³-hybridized carbons (Fsp3) is 0.588. The third kappa shape index (κ3) is 2.76. The monoisotopic (exact) mass is 333 g/mol. The highest BCUT2D eigenvalue weighted by molar-refractivity contribution is 5.77. The number of benzene rings is 1. The number of urea groups is 1. The standard InChI is InChI=1S/C17H24FN5O/c1-22-15-6-7-23(10-14(15)20-17(22)24)9-11-8-19-21-16(11)12-4-2-3-5-13(12)18/h2-5,11,14-16,19,21H,6-10H2,1H3,(H,20,24)/t11?,14-,15+,16?/m1/s1. The molecule has 0 spiro atoms. The molecule has 3 fully saturated rings. The first-order valence-corrected chi connectivity index (χ1v) is 8.62. The second-order valence-corrected chi connectivity index (χ2v) is 7.07. The van der Waals surface area contributed by atoms with Crippen molar-refractivity contribution in [3.05, 3.63) is 35.6 Å². The van der Waals surface area contributed by atoms with E-state index in [1.54, 1.807) is 6.07 Å². The Bertz CT molecular complexity index is 627. The van der Waals surface area contributed by atoms with Crippen LogP contribution in [0.4, 0.5) is 9.18 Å². The van der Waals surface area contributed by atoms with Gasteiger partial charge in [0.25, 0.3) is 0 Å². The molecule has 3 heterocycles. The lowest BCUT2D eigenvalue weighted by molar-refractivity contribution is 0.134. The number of halogens is 1. The average molecular weight is 333 g/mol. The molecule has 3 N–H and O–H groups in total. The number of carbonyl (C=O) groups is 1. The minimum Gasteiger partial charge on any atom is -0.332 e. The number of likely N-dealkylation sites (N-methyl/N-ethyl adjacent to an activating group) is 1. The number of nitrogens with one attached hydrogen (secondary N) is 3. The Morgan fingerprint density at radius 3 is 3.00 bits per heavy atom. The fourth-order valence-corrected chi connectivity index (χ4v) is 4.29. The van der Waals surface area contributed by atoms with E-state index in [1.165, 1.54) is 6.07 Å². The van der Waals surface area contributed by atoms with Crippen LogP contribution >= 0.6 is 0 Å². The SMILES string of the molecule is CN1C(=O)N[C@@H]2CN(CC3CNNC3c3ccccc3F)CC[C@@H]21. The van der Waals surface area contributed by atoms with E-state index in [0.29, 0.717) is 12.0 Å². The predicted molar refractivity (Wildman–Crippen MR) is 88.7 cm³/mol. The van der Waals surface area contributed by atoms with Crippen molar-refractivity contribution in [1.82, 2.24) is 26.0 Å². The summed E-state index contributed by atoms with van der Waals surface area (Å²) in [5.74, 6) is 0.139. The molecular formula is C17H24FN5O. The lowest BCUT2D eigenvalue weighted by Gasteiger charge is -2.37. The second kappa shape index (κ2) is 6.31. The molecule has 0 aromatic heterocycles. The topological polar surface area (TPSA) is 59.6 Å². The maximum atomic E-state index is 14.1. The van der Waals surface area contributed by atoms with Crippen LogP contribution in [0.5, 0.6) is 0 Å². The summed E-state index contributed by atoms with van der Waals surface area (Å²) in [6.07, 6.45) is 0.984. The summed E-state index contributed by atoms with van der Waals surface area (Å²) in [6.45, 7) is 3.54. The molecule has 0 saturated carbocycles. The molecular weight excluding hydrogens is 309 g/mol. The first kappa shape index (κ1) is 15.8. The number of hydrogen-bond acceptors (Lipinski definition) is 4. The van der Waals surface area contributed by atoms with Gasteiger partial charge in [-0.3, -0.25) is 5.43 Å². The molecule has 4 atom stereocenters.